The van der Waals surface area contributed by atoms with Crippen LogP contribution in [-0.2, 0) is 16.0 Å². The summed E-state index contributed by atoms with van der Waals surface area (Å²) in [5.74, 6) is 0. The second-order valence-corrected chi connectivity index (χ2v) is 7.39. The van der Waals surface area contributed by atoms with Gasteiger partial charge in [0.05, 0.1) is 41.7 Å². The van der Waals surface area contributed by atoms with Crippen LogP contribution in [0.3, 0.4) is 0 Å². The molecule has 1 aliphatic heterocycles. The van der Waals surface area contributed by atoms with Gasteiger partial charge in [-0.15, -0.1) is 0 Å². The molecule has 0 bridgehead atoms. The Bertz CT molecular complexity index is 555. The molecule has 0 aromatic carbocycles. The molecule has 2 heterocycles. The largest absolute Gasteiger partial charge is 0.444 e. The number of morpholine rings is 1. The number of hydrogen-bond acceptors (Lipinski definition) is 5. The summed E-state index contributed by atoms with van der Waals surface area (Å²) in [6, 6.07) is -0.712. The van der Waals surface area contributed by atoms with E-state index in [1.807, 2.05) is 32.4 Å². The van der Waals surface area contributed by atoms with Crippen LogP contribution in [0.5, 0.6) is 0 Å². The van der Waals surface area contributed by atoms with Crippen molar-refractivity contribution in [1.82, 2.24) is 14.7 Å². The normalized spacial score (nSPS) is 20.4. The molecule has 7 nitrogen and oxygen atoms in total. The molecule has 130 valence electrons. The Morgan fingerprint density at radius 2 is 2.30 bits per heavy atom. The minimum absolute atomic E-state index is 0.295. The summed E-state index contributed by atoms with van der Waals surface area (Å²) in [6.07, 6.45) is 1.36. The summed E-state index contributed by atoms with van der Waals surface area (Å²) in [5.41, 5.74) is 6.78. The van der Waals surface area contributed by atoms with Crippen molar-refractivity contribution in [2.45, 2.75) is 51.9 Å². The van der Waals surface area contributed by atoms with Crippen LogP contribution in [0.15, 0.2) is 10.7 Å². The van der Waals surface area contributed by atoms with Crippen LogP contribution in [-0.4, -0.2) is 52.2 Å². The van der Waals surface area contributed by atoms with Gasteiger partial charge in [-0.05, 0) is 43.6 Å². The van der Waals surface area contributed by atoms with Gasteiger partial charge in [-0.25, -0.2) is 4.79 Å². The van der Waals surface area contributed by atoms with Crippen molar-refractivity contribution < 1.29 is 14.3 Å². The lowest BCUT2D eigenvalue weighted by molar-refractivity contribution is -0.0388. The van der Waals surface area contributed by atoms with Crippen LogP contribution in [0.1, 0.15) is 39.4 Å². The second-order valence-electron chi connectivity index (χ2n) is 6.54. The zero-order valence-electron chi connectivity index (χ0n) is 14.1. The number of aromatic nitrogens is 2. The smallest absolute Gasteiger partial charge is 0.410 e. The van der Waals surface area contributed by atoms with Crippen molar-refractivity contribution in [2.75, 3.05) is 19.8 Å². The van der Waals surface area contributed by atoms with Crippen LogP contribution < -0.4 is 5.73 Å². The molecule has 1 aromatic heterocycles. The molecule has 2 unspecified atom stereocenters. The minimum atomic E-state index is -0.546. The fourth-order valence-electron chi connectivity index (χ4n) is 2.61. The first kappa shape index (κ1) is 18.2. The van der Waals surface area contributed by atoms with Crippen molar-refractivity contribution in [3.63, 3.8) is 0 Å². The number of aryl methyl sites for hydroxylation is 1. The van der Waals surface area contributed by atoms with Crippen LogP contribution in [0.2, 0.25) is 0 Å². The third kappa shape index (κ3) is 4.24. The van der Waals surface area contributed by atoms with E-state index < -0.39 is 11.6 Å². The van der Waals surface area contributed by atoms with E-state index in [1.54, 1.807) is 11.1 Å². The van der Waals surface area contributed by atoms with Crippen molar-refractivity contribution in [1.29, 1.82) is 0 Å². The van der Waals surface area contributed by atoms with E-state index in [2.05, 4.69) is 21.0 Å². The molecule has 23 heavy (non-hydrogen) atoms. The number of amides is 1. The SMILES string of the molecule is CCn1ncc(Br)c1C(N)C1COCCN1C(=O)OC(C)(C)C. The lowest BCUT2D eigenvalue weighted by atomic mass is 10.0. The Morgan fingerprint density at radius 3 is 2.91 bits per heavy atom. The highest BCUT2D eigenvalue weighted by atomic mass is 79.9. The Hall–Kier alpha value is -1.12. The average molecular weight is 389 g/mol. The van der Waals surface area contributed by atoms with Crippen molar-refractivity contribution >= 4 is 22.0 Å². The number of hydrogen-bond donors (Lipinski definition) is 1. The summed E-state index contributed by atoms with van der Waals surface area (Å²) in [6.45, 7) is 9.58. The van der Waals surface area contributed by atoms with Gasteiger partial charge in [0.1, 0.15) is 5.60 Å². The molecule has 2 rings (SSSR count). The lowest BCUT2D eigenvalue weighted by Gasteiger charge is -2.39. The molecule has 2 atom stereocenters. The summed E-state index contributed by atoms with van der Waals surface area (Å²) < 4.78 is 13.7. The maximum Gasteiger partial charge on any atom is 0.410 e. The molecule has 1 aromatic rings. The topological polar surface area (TPSA) is 82.6 Å². The third-order valence-corrected chi connectivity index (χ3v) is 4.27. The maximum absolute atomic E-state index is 12.5. The molecule has 0 radical (unpaired) electrons. The van der Waals surface area contributed by atoms with E-state index >= 15 is 0 Å². The molecular weight excluding hydrogens is 364 g/mol. The van der Waals surface area contributed by atoms with Crippen LogP contribution in [0, 0.1) is 0 Å². The molecule has 0 spiro atoms. The number of halogens is 1. The predicted octanol–water partition coefficient (Wildman–Crippen LogP) is 2.30. The van der Waals surface area contributed by atoms with E-state index in [9.17, 15) is 4.79 Å². The van der Waals surface area contributed by atoms with Gasteiger partial charge in [-0.2, -0.15) is 5.10 Å². The van der Waals surface area contributed by atoms with Gasteiger partial charge in [0, 0.05) is 13.1 Å². The number of carbonyl (C=O) groups is 1. The van der Waals surface area contributed by atoms with Gasteiger partial charge in [0.15, 0.2) is 0 Å². The first-order chi connectivity index (χ1) is 10.7. The molecule has 0 saturated carbocycles. The summed E-state index contributed by atoms with van der Waals surface area (Å²) in [5, 5.41) is 4.29. The van der Waals surface area contributed by atoms with Crippen LogP contribution >= 0.6 is 15.9 Å². The first-order valence-electron chi connectivity index (χ1n) is 7.78. The molecule has 1 amide bonds. The number of nitrogens with two attached hydrogens (primary N) is 1. The number of rotatable bonds is 3. The summed E-state index contributed by atoms with van der Waals surface area (Å²) in [7, 11) is 0. The van der Waals surface area contributed by atoms with Crippen molar-refractivity contribution in [2.24, 2.45) is 5.73 Å². The second kappa shape index (κ2) is 7.19. The van der Waals surface area contributed by atoms with E-state index in [-0.39, 0.29) is 12.1 Å². The Kier molecular flexibility index (Phi) is 5.70. The molecule has 8 heteroatoms. The van der Waals surface area contributed by atoms with E-state index in [0.29, 0.717) is 26.3 Å². The van der Waals surface area contributed by atoms with E-state index in [1.165, 1.54) is 0 Å². The Labute approximate surface area is 145 Å². The fraction of sp³-hybridized carbons (Fsp3) is 0.733. The third-order valence-electron chi connectivity index (χ3n) is 3.66. The van der Waals surface area contributed by atoms with Gasteiger partial charge in [0.2, 0.25) is 0 Å². The minimum Gasteiger partial charge on any atom is -0.444 e. The molecular formula is C15H25BrN4O3. The number of ether oxygens (including phenoxy) is 2. The molecule has 1 aliphatic rings. The molecule has 0 aliphatic carbocycles. The molecule has 1 saturated heterocycles. The maximum atomic E-state index is 12.5. The molecule has 2 N–H and O–H groups in total. The summed E-state index contributed by atoms with van der Waals surface area (Å²) in [4.78, 5) is 14.2. The van der Waals surface area contributed by atoms with E-state index in [4.69, 9.17) is 15.2 Å². The zero-order valence-corrected chi connectivity index (χ0v) is 15.7. The average Bonchev–Trinajstić information content (AvgIpc) is 2.85. The van der Waals surface area contributed by atoms with Gasteiger partial charge in [0.25, 0.3) is 0 Å². The lowest BCUT2D eigenvalue weighted by Crippen LogP contribution is -2.54. The highest BCUT2D eigenvalue weighted by Gasteiger charge is 2.37. The monoisotopic (exact) mass is 388 g/mol. The zero-order chi connectivity index (χ0) is 17.2. The number of carbonyl (C=O) groups excluding carboxylic acids is 1. The standard InChI is InChI=1S/C15H25BrN4O3/c1-5-20-13(10(16)8-18-20)12(17)11-9-22-7-6-19(11)14(21)23-15(2,3)4/h8,11-12H,5-7,9,17H2,1-4H3. The van der Waals surface area contributed by atoms with Crippen molar-refractivity contribution in [3.8, 4) is 0 Å². The summed E-state index contributed by atoms with van der Waals surface area (Å²) >= 11 is 3.49. The first-order valence-corrected chi connectivity index (χ1v) is 8.58. The van der Waals surface area contributed by atoms with Crippen molar-refractivity contribution in [3.05, 3.63) is 16.4 Å². The van der Waals surface area contributed by atoms with Gasteiger partial charge in [-0.1, -0.05) is 0 Å². The van der Waals surface area contributed by atoms with Gasteiger partial charge >= 0.3 is 6.09 Å². The van der Waals surface area contributed by atoms with Crippen LogP contribution in [0.25, 0.3) is 0 Å². The quantitative estimate of drug-likeness (QED) is 0.858. The van der Waals surface area contributed by atoms with E-state index in [0.717, 1.165) is 10.2 Å². The van der Waals surface area contributed by atoms with Gasteiger partial charge in [-0.3, -0.25) is 9.58 Å². The number of nitrogens with zero attached hydrogens (tertiary/aromatic N) is 3. The Morgan fingerprint density at radius 1 is 1.61 bits per heavy atom. The fourth-order valence-corrected chi connectivity index (χ4v) is 3.17. The van der Waals surface area contributed by atoms with Crippen LogP contribution in [0.4, 0.5) is 4.79 Å². The highest BCUT2D eigenvalue weighted by molar-refractivity contribution is 9.10. The Balaban J connectivity index is 2.23. The van der Waals surface area contributed by atoms with Gasteiger partial charge < -0.3 is 15.2 Å². The molecule has 1 fully saturated rings. The highest BCUT2D eigenvalue weighted by Crippen LogP contribution is 2.28. The predicted molar refractivity (Wildman–Crippen MR) is 90.1 cm³/mol.